The summed E-state index contributed by atoms with van der Waals surface area (Å²) in [6.45, 7) is 3.67. The van der Waals surface area contributed by atoms with Gasteiger partial charge in [0.15, 0.2) is 6.04 Å². The summed E-state index contributed by atoms with van der Waals surface area (Å²) in [6, 6.07) is 2.71. The zero-order valence-corrected chi connectivity index (χ0v) is 11.5. The number of halogens is 1. The highest BCUT2D eigenvalue weighted by Gasteiger charge is 2.22. The summed E-state index contributed by atoms with van der Waals surface area (Å²) >= 11 is 0. The van der Waals surface area contributed by atoms with Gasteiger partial charge in [0.1, 0.15) is 12.4 Å². The number of carbonyl (C=O) groups excluding carboxylic acids is 1. The van der Waals surface area contributed by atoms with Crippen molar-refractivity contribution in [2.24, 2.45) is 0 Å². The fourth-order valence-corrected chi connectivity index (χ4v) is 1.65. The molecule has 5 nitrogen and oxygen atoms in total. The Kier molecular flexibility index (Phi) is 6.11. The predicted octanol–water partition coefficient (Wildman–Crippen LogP) is 1.80. The lowest BCUT2D eigenvalue weighted by molar-refractivity contribution is -0.142. The van der Waals surface area contributed by atoms with Crippen LogP contribution < -0.4 is 5.32 Å². The highest BCUT2D eigenvalue weighted by molar-refractivity contribution is 5.85. The summed E-state index contributed by atoms with van der Waals surface area (Å²) in [5, 5.41) is 11.5. The quantitative estimate of drug-likeness (QED) is 0.748. The van der Waals surface area contributed by atoms with Gasteiger partial charge in [-0.3, -0.25) is 4.79 Å². The topological polar surface area (TPSA) is 75.6 Å². The third kappa shape index (κ3) is 4.62. The average Bonchev–Trinajstić information content (AvgIpc) is 2.39. The van der Waals surface area contributed by atoms with Crippen LogP contribution in [0.5, 0.6) is 0 Å². The Hall–Kier alpha value is -1.95. The first-order valence-corrected chi connectivity index (χ1v) is 6.31. The number of carbonyl (C=O) groups is 2. The highest BCUT2D eigenvalue weighted by Crippen LogP contribution is 2.17. The van der Waals surface area contributed by atoms with E-state index >= 15 is 0 Å². The molecule has 0 aliphatic rings. The number of rotatable bonds is 7. The van der Waals surface area contributed by atoms with Crippen LogP contribution in [-0.4, -0.2) is 30.2 Å². The summed E-state index contributed by atoms with van der Waals surface area (Å²) < 4.78 is 18.2. The average molecular weight is 283 g/mol. The molecule has 110 valence electrons. The first-order chi connectivity index (χ1) is 9.45. The monoisotopic (exact) mass is 283 g/mol. The van der Waals surface area contributed by atoms with Crippen LogP contribution in [0.25, 0.3) is 0 Å². The van der Waals surface area contributed by atoms with E-state index in [1.165, 1.54) is 25.1 Å². The zero-order valence-electron chi connectivity index (χ0n) is 11.5. The van der Waals surface area contributed by atoms with Crippen LogP contribution >= 0.6 is 0 Å². The van der Waals surface area contributed by atoms with Crippen molar-refractivity contribution in [1.29, 1.82) is 0 Å². The number of ether oxygens (including phenoxy) is 1. The number of nitrogens with one attached hydrogen (secondary N) is 1. The molecule has 0 saturated carbocycles. The van der Waals surface area contributed by atoms with Crippen molar-refractivity contribution in [3.63, 3.8) is 0 Å². The van der Waals surface area contributed by atoms with Gasteiger partial charge in [-0.15, -0.1) is 0 Å². The first kappa shape index (κ1) is 16.1. The number of benzene rings is 1. The molecule has 0 heterocycles. The molecular weight excluding hydrogens is 265 g/mol. The minimum absolute atomic E-state index is 0.197. The Morgan fingerprint density at radius 3 is 2.70 bits per heavy atom. The predicted molar refractivity (Wildman–Crippen MR) is 70.8 cm³/mol. The summed E-state index contributed by atoms with van der Waals surface area (Å²) in [5.74, 6) is -2.15. The Morgan fingerprint density at radius 1 is 1.45 bits per heavy atom. The SMILES string of the molecule is CCCOCC(=O)NC(C(=O)O)c1ccc(F)c(C)c1. The molecular formula is C14H18FNO4. The van der Waals surface area contributed by atoms with Crippen molar-refractivity contribution in [3.05, 3.63) is 35.1 Å². The number of carboxylic acids is 1. The molecule has 1 aromatic carbocycles. The highest BCUT2D eigenvalue weighted by atomic mass is 19.1. The number of carboxylic acid groups (broad SMARTS) is 1. The molecule has 6 heteroatoms. The molecule has 1 aromatic rings. The Bertz CT molecular complexity index is 490. The van der Waals surface area contributed by atoms with Gasteiger partial charge in [-0.1, -0.05) is 19.1 Å². The lowest BCUT2D eigenvalue weighted by Crippen LogP contribution is -2.36. The van der Waals surface area contributed by atoms with Gasteiger partial charge in [0.05, 0.1) is 0 Å². The van der Waals surface area contributed by atoms with E-state index in [9.17, 15) is 14.0 Å². The number of hydrogen-bond acceptors (Lipinski definition) is 3. The second-order valence-corrected chi connectivity index (χ2v) is 4.40. The van der Waals surface area contributed by atoms with Crippen molar-refractivity contribution < 1.29 is 23.8 Å². The molecule has 0 saturated heterocycles. The number of amides is 1. The van der Waals surface area contributed by atoms with Crippen molar-refractivity contribution in [2.75, 3.05) is 13.2 Å². The molecule has 0 aliphatic carbocycles. The molecule has 20 heavy (non-hydrogen) atoms. The zero-order chi connectivity index (χ0) is 15.1. The Balaban J connectivity index is 2.76. The van der Waals surface area contributed by atoms with Crippen LogP contribution in [0.4, 0.5) is 4.39 Å². The molecule has 1 atom stereocenters. The van der Waals surface area contributed by atoms with Gasteiger partial charge in [-0.25, -0.2) is 9.18 Å². The van der Waals surface area contributed by atoms with Crippen LogP contribution in [0.1, 0.15) is 30.5 Å². The van der Waals surface area contributed by atoms with Crippen LogP contribution in [0.3, 0.4) is 0 Å². The lowest BCUT2D eigenvalue weighted by Gasteiger charge is -2.15. The second-order valence-electron chi connectivity index (χ2n) is 4.40. The first-order valence-electron chi connectivity index (χ1n) is 6.31. The van der Waals surface area contributed by atoms with Crippen molar-refractivity contribution in [2.45, 2.75) is 26.3 Å². The maximum Gasteiger partial charge on any atom is 0.330 e. The molecule has 0 radical (unpaired) electrons. The van der Waals surface area contributed by atoms with E-state index in [1.54, 1.807) is 0 Å². The van der Waals surface area contributed by atoms with Gasteiger partial charge in [0.25, 0.3) is 0 Å². The summed E-state index contributed by atoms with van der Waals surface area (Å²) in [7, 11) is 0. The van der Waals surface area contributed by atoms with Crippen LogP contribution in [-0.2, 0) is 14.3 Å². The van der Waals surface area contributed by atoms with Crippen molar-refractivity contribution in [1.82, 2.24) is 5.32 Å². The van der Waals surface area contributed by atoms with Gasteiger partial charge in [0.2, 0.25) is 5.91 Å². The number of aryl methyl sites for hydroxylation is 1. The van der Waals surface area contributed by atoms with E-state index in [0.717, 1.165) is 6.42 Å². The Labute approximate surface area is 116 Å². The molecule has 0 aliphatic heterocycles. The van der Waals surface area contributed by atoms with Crippen molar-refractivity contribution >= 4 is 11.9 Å². The second kappa shape index (κ2) is 7.59. The fraction of sp³-hybridized carbons (Fsp3) is 0.429. The standard InChI is InChI=1S/C14H18FNO4/c1-3-6-20-8-12(17)16-13(14(18)19)10-4-5-11(15)9(2)7-10/h4-5,7,13H,3,6,8H2,1-2H3,(H,16,17)(H,18,19). The molecule has 0 spiro atoms. The van der Waals surface area contributed by atoms with E-state index in [4.69, 9.17) is 9.84 Å². The van der Waals surface area contributed by atoms with Gasteiger partial charge < -0.3 is 15.2 Å². The van der Waals surface area contributed by atoms with Gasteiger partial charge in [-0.05, 0) is 30.5 Å². The molecule has 0 bridgehead atoms. The molecule has 0 aromatic heterocycles. The summed E-state index contributed by atoms with van der Waals surface area (Å²) in [6.07, 6.45) is 0.771. The minimum Gasteiger partial charge on any atom is -0.479 e. The van der Waals surface area contributed by atoms with Gasteiger partial charge in [-0.2, -0.15) is 0 Å². The van der Waals surface area contributed by atoms with Crippen LogP contribution in [0.15, 0.2) is 18.2 Å². The van der Waals surface area contributed by atoms with Crippen molar-refractivity contribution in [3.8, 4) is 0 Å². The minimum atomic E-state index is -1.22. The van der Waals surface area contributed by atoms with E-state index in [0.29, 0.717) is 17.7 Å². The summed E-state index contributed by atoms with van der Waals surface area (Å²) in [4.78, 5) is 22.8. The number of hydrogen-bond donors (Lipinski definition) is 2. The van der Waals surface area contributed by atoms with E-state index in [1.807, 2.05) is 6.92 Å². The molecule has 1 unspecified atom stereocenters. The largest absolute Gasteiger partial charge is 0.479 e. The molecule has 1 rings (SSSR count). The van der Waals surface area contributed by atoms with E-state index < -0.39 is 23.7 Å². The fourth-order valence-electron chi connectivity index (χ4n) is 1.65. The molecule has 2 N–H and O–H groups in total. The Morgan fingerprint density at radius 2 is 2.15 bits per heavy atom. The van der Waals surface area contributed by atoms with Gasteiger partial charge in [0, 0.05) is 6.61 Å². The van der Waals surface area contributed by atoms with Gasteiger partial charge >= 0.3 is 5.97 Å². The maximum atomic E-state index is 13.2. The van der Waals surface area contributed by atoms with E-state index in [2.05, 4.69) is 5.32 Å². The van der Waals surface area contributed by atoms with Crippen LogP contribution in [0, 0.1) is 12.7 Å². The normalized spacial score (nSPS) is 11.9. The molecule has 1 amide bonds. The van der Waals surface area contributed by atoms with Crippen LogP contribution in [0.2, 0.25) is 0 Å². The smallest absolute Gasteiger partial charge is 0.330 e. The lowest BCUT2D eigenvalue weighted by atomic mass is 10.0. The molecule has 0 fully saturated rings. The third-order valence-electron chi connectivity index (χ3n) is 2.65. The summed E-state index contributed by atoms with van der Waals surface area (Å²) in [5.41, 5.74) is 0.644. The number of aliphatic carboxylic acids is 1. The van der Waals surface area contributed by atoms with E-state index in [-0.39, 0.29) is 6.61 Å². The third-order valence-corrected chi connectivity index (χ3v) is 2.65. The maximum absolute atomic E-state index is 13.2.